The molecule has 2 nitrogen and oxygen atoms in total. The van der Waals surface area contributed by atoms with Crippen LogP contribution < -0.4 is 0 Å². The van der Waals surface area contributed by atoms with Gasteiger partial charge < -0.3 is 9.53 Å². The molecule has 0 saturated heterocycles. The topological polar surface area (TPSA) is 26.3 Å². The molecule has 0 heterocycles. The molecule has 23 heavy (non-hydrogen) atoms. The third kappa shape index (κ3) is 6.39. The van der Waals surface area contributed by atoms with Crippen LogP contribution in [0, 0.1) is 11.8 Å². The highest BCUT2D eigenvalue weighted by Crippen LogP contribution is 2.40. The molecule has 1 unspecified atom stereocenters. The Morgan fingerprint density at radius 1 is 1.39 bits per heavy atom. The highest BCUT2D eigenvalue weighted by molar-refractivity contribution is 9.10. The molecule has 0 fully saturated rings. The predicted octanol–water partition coefficient (Wildman–Crippen LogP) is 5.77. The summed E-state index contributed by atoms with van der Waals surface area (Å²) in [5.74, 6) is 1.45. The van der Waals surface area contributed by atoms with Crippen LogP contribution in [0.15, 0.2) is 22.7 Å². The van der Waals surface area contributed by atoms with Crippen molar-refractivity contribution >= 4 is 22.2 Å². The predicted molar refractivity (Wildman–Crippen MR) is 101 cm³/mol. The van der Waals surface area contributed by atoms with E-state index in [0.717, 1.165) is 29.7 Å². The minimum atomic E-state index is 0.115. The first-order valence-corrected chi connectivity index (χ1v) is 9.59. The van der Waals surface area contributed by atoms with E-state index in [2.05, 4.69) is 52.7 Å². The van der Waals surface area contributed by atoms with Gasteiger partial charge in [0.15, 0.2) is 0 Å². The van der Waals surface area contributed by atoms with Crippen LogP contribution in [0.5, 0.6) is 0 Å². The Balaban J connectivity index is 0.000000593. The van der Waals surface area contributed by atoms with E-state index in [9.17, 15) is 4.79 Å². The zero-order valence-electron chi connectivity index (χ0n) is 15.0. The molecule has 0 aromatic heterocycles. The van der Waals surface area contributed by atoms with E-state index in [1.54, 1.807) is 7.11 Å². The summed E-state index contributed by atoms with van der Waals surface area (Å²) in [4.78, 5) is 11.4. The second-order valence-electron chi connectivity index (χ2n) is 6.49. The van der Waals surface area contributed by atoms with E-state index in [4.69, 9.17) is 0 Å². The quantitative estimate of drug-likeness (QED) is 0.559. The summed E-state index contributed by atoms with van der Waals surface area (Å²) in [5, 5.41) is 0. The molecule has 1 aromatic carbocycles. The lowest BCUT2D eigenvalue weighted by Crippen LogP contribution is -2.09. The van der Waals surface area contributed by atoms with Crippen LogP contribution in [0.2, 0.25) is 0 Å². The maximum Gasteiger partial charge on any atom is 0.127 e. The second-order valence-corrected chi connectivity index (χ2v) is 7.41. The van der Waals surface area contributed by atoms with Gasteiger partial charge in [0.05, 0.1) is 0 Å². The molecule has 0 aliphatic heterocycles. The van der Waals surface area contributed by atoms with E-state index in [0.29, 0.717) is 5.92 Å². The average molecular weight is 383 g/mol. The molecule has 1 aliphatic carbocycles. The van der Waals surface area contributed by atoms with E-state index in [1.807, 2.05) is 6.92 Å². The zero-order chi connectivity index (χ0) is 17.2. The molecule has 0 N–H and O–H groups in total. The summed E-state index contributed by atoms with van der Waals surface area (Å²) in [6, 6.07) is 6.38. The molecule has 130 valence electrons. The Bertz CT molecular complexity index is 471. The van der Waals surface area contributed by atoms with Gasteiger partial charge in [-0.3, -0.25) is 0 Å². The first-order chi connectivity index (χ1) is 11.1. The number of rotatable bonds is 7. The van der Waals surface area contributed by atoms with Crippen molar-refractivity contribution in [2.75, 3.05) is 13.7 Å². The van der Waals surface area contributed by atoms with Gasteiger partial charge in [0.25, 0.3) is 0 Å². The number of carbonyl (C=O) groups excluding carboxylic acids is 1. The SMILES string of the molecule is CCOC.CC[C@H](C)CCC[C@H]1Cc2ccc(Br)cc2C1C=O. The van der Waals surface area contributed by atoms with Gasteiger partial charge in [0, 0.05) is 24.1 Å². The summed E-state index contributed by atoms with van der Waals surface area (Å²) in [6.45, 7) is 7.35. The van der Waals surface area contributed by atoms with E-state index in [-0.39, 0.29) is 5.92 Å². The first kappa shape index (κ1) is 20.4. The summed E-state index contributed by atoms with van der Waals surface area (Å²) in [7, 11) is 1.68. The highest BCUT2D eigenvalue weighted by Gasteiger charge is 2.31. The summed E-state index contributed by atoms with van der Waals surface area (Å²) < 4.78 is 5.62. The van der Waals surface area contributed by atoms with Crippen molar-refractivity contribution in [1.82, 2.24) is 0 Å². The van der Waals surface area contributed by atoms with E-state index in [1.165, 1.54) is 36.8 Å². The van der Waals surface area contributed by atoms with Gasteiger partial charge in [-0.1, -0.05) is 55.1 Å². The highest BCUT2D eigenvalue weighted by atomic mass is 79.9. The Morgan fingerprint density at radius 2 is 2.09 bits per heavy atom. The lowest BCUT2D eigenvalue weighted by atomic mass is 9.88. The van der Waals surface area contributed by atoms with Crippen molar-refractivity contribution in [2.24, 2.45) is 11.8 Å². The molecule has 3 heteroatoms. The van der Waals surface area contributed by atoms with Crippen molar-refractivity contribution in [1.29, 1.82) is 0 Å². The fourth-order valence-corrected chi connectivity index (χ4v) is 3.50. The van der Waals surface area contributed by atoms with Gasteiger partial charge >= 0.3 is 0 Å². The molecule has 0 bridgehead atoms. The maximum atomic E-state index is 11.4. The van der Waals surface area contributed by atoms with Gasteiger partial charge in [-0.15, -0.1) is 0 Å². The van der Waals surface area contributed by atoms with Gasteiger partial charge in [-0.2, -0.15) is 0 Å². The molecule has 0 saturated carbocycles. The molecular weight excluding hydrogens is 352 g/mol. The third-order valence-corrected chi connectivity index (χ3v) is 5.35. The number of benzene rings is 1. The summed E-state index contributed by atoms with van der Waals surface area (Å²) in [6.07, 6.45) is 7.21. The van der Waals surface area contributed by atoms with Crippen LogP contribution in [0.3, 0.4) is 0 Å². The number of hydrogen-bond acceptors (Lipinski definition) is 2. The monoisotopic (exact) mass is 382 g/mol. The number of aldehydes is 1. The van der Waals surface area contributed by atoms with Crippen LogP contribution in [-0.4, -0.2) is 20.0 Å². The van der Waals surface area contributed by atoms with Gasteiger partial charge in [0.1, 0.15) is 6.29 Å². The fraction of sp³-hybridized carbons (Fsp3) is 0.650. The normalized spacial score (nSPS) is 20.4. The zero-order valence-corrected chi connectivity index (χ0v) is 16.6. The number of methoxy groups -OCH3 is 1. The molecule has 3 atom stereocenters. The van der Waals surface area contributed by atoms with Crippen LogP contribution in [-0.2, 0) is 16.0 Å². The standard InChI is InChI=1S/C17H23BrO.C3H8O/c1-3-12(2)5-4-6-13-9-14-7-8-15(18)10-16(14)17(13)11-19;1-3-4-2/h7-8,10-13,17H,3-6,9H2,1-2H3;3H2,1-2H3/t12-,13-,17?;/m0./s1. The van der Waals surface area contributed by atoms with Gasteiger partial charge in [0.2, 0.25) is 0 Å². The maximum absolute atomic E-state index is 11.4. The van der Waals surface area contributed by atoms with Crippen molar-refractivity contribution in [3.63, 3.8) is 0 Å². The molecule has 0 amide bonds. The molecule has 1 aliphatic rings. The first-order valence-electron chi connectivity index (χ1n) is 8.79. The summed E-state index contributed by atoms with van der Waals surface area (Å²) >= 11 is 3.51. The average Bonchev–Trinajstić information content (AvgIpc) is 2.91. The van der Waals surface area contributed by atoms with Crippen molar-refractivity contribution < 1.29 is 9.53 Å². The number of carbonyl (C=O) groups is 1. The molecule has 2 rings (SSSR count). The van der Waals surface area contributed by atoms with Crippen LogP contribution >= 0.6 is 15.9 Å². The Hall–Kier alpha value is -0.670. The fourth-order valence-electron chi connectivity index (χ4n) is 3.12. The summed E-state index contributed by atoms with van der Waals surface area (Å²) in [5.41, 5.74) is 2.62. The van der Waals surface area contributed by atoms with Crippen LogP contribution in [0.1, 0.15) is 63.5 Å². The molecule has 0 spiro atoms. The van der Waals surface area contributed by atoms with Crippen LogP contribution in [0.25, 0.3) is 0 Å². The van der Waals surface area contributed by atoms with Crippen molar-refractivity contribution in [3.05, 3.63) is 33.8 Å². The Morgan fingerprint density at radius 3 is 2.65 bits per heavy atom. The van der Waals surface area contributed by atoms with Gasteiger partial charge in [-0.25, -0.2) is 0 Å². The molecule has 0 radical (unpaired) electrons. The minimum Gasteiger partial charge on any atom is -0.385 e. The van der Waals surface area contributed by atoms with Crippen molar-refractivity contribution in [2.45, 2.75) is 58.8 Å². The van der Waals surface area contributed by atoms with E-state index < -0.39 is 0 Å². The Kier molecular flexibility index (Phi) is 9.73. The molecular formula is C20H31BrO2. The largest absolute Gasteiger partial charge is 0.385 e. The minimum absolute atomic E-state index is 0.115. The number of hydrogen-bond donors (Lipinski definition) is 0. The van der Waals surface area contributed by atoms with Crippen LogP contribution in [0.4, 0.5) is 0 Å². The van der Waals surface area contributed by atoms with E-state index >= 15 is 0 Å². The lowest BCUT2D eigenvalue weighted by molar-refractivity contribution is -0.109. The number of ether oxygens (including phenoxy) is 1. The third-order valence-electron chi connectivity index (χ3n) is 4.86. The lowest BCUT2D eigenvalue weighted by Gasteiger charge is -2.16. The second kappa shape index (κ2) is 11.0. The van der Waals surface area contributed by atoms with Crippen molar-refractivity contribution in [3.8, 4) is 0 Å². The number of halogens is 1. The smallest absolute Gasteiger partial charge is 0.127 e. The Labute approximate surface area is 150 Å². The number of fused-ring (bicyclic) bond motifs is 1. The van der Waals surface area contributed by atoms with Gasteiger partial charge in [-0.05, 0) is 54.9 Å². The molecule has 1 aromatic rings.